The normalized spacial score (nSPS) is 15.9. The highest BCUT2D eigenvalue weighted by molar-refractivity contribution is 8.00. The van der Waals surface area contributed by atoms with Crippen LogP contribution in [0.3, 0.4) is 0 Å². The number of benzene rings is 1. The Bertz CT molecular complexity index is 964. The minimum Gasteiger partial charge on any atom is -0.330 e. The molecule has 28 heavy (non-hydrogen) atoms. The van der Waals surface area contributed by atoms with Gasteiger partial charge in [-0.2, -0.15) is 0 Å². The maximum atomic E-state index is 13.1. The molecule has 0 saturated carbocycles. The van der Waals surface area contributed by atoms with E-state index in [1.54, 1.807) is 22.7 Å². The largest absolute Gasteiger partial charge is 0.330 e. The number of carbonyl (C=O) groups is 2. The minimum atomic E-state index is -0.0897. The van der Waals surface area contributed by atoms with Crippen LogP contribution < -0.4 is 5.32 Å². The topological polar surface area (TPSA) is 49.4 Å². The van der Waals surface area contributed by atoms with Crippen molar-refractivity contribution in [2.24, 2.45) is 0 Å². The predicted molar refractivity (Wildman–Crippen MR) is 117 cm³/mol. The van der Waals surface area contributed by atoms with Crippen LogP contribution in [0, 0.1) is 0 Å². The van der Waals surface area contributed by atoms with E-state index in [9.17, 15) is 9.59 Å². The number of rotatable bonds is 5. The number of thiophene rings is 2. The highest BCUT2D eigenvalue weighted by Gasteiger charge is 2.33. The molecule has 1 aliphatic rings. The first-order chi connectivity index (χ1) is 13.6. The highest BCUT2D eigenvalue weighted by atomic mass is 32.2. The zero-order chi connectivity index (χ0) is 19.5. The molecule has 3 heterocycles. The zero-order valence-corrected chi connectivity index (χ0v) is 17.8. The first kappa shape index (κ1) is 19.2. The van der Waals surface area contributed by atoms with E-state index in [4.69, 9.17) is 0 Å². The van der Waals surface area contributed by atoms with Crippen molar-refractivity contribution in [2.45, 2.75) is 24.3 Å². The Balaban J connectivity index is 1.46. The lowest BCUT2D eigenvalue weighted by molar-refractivity contribution is -0.130. The fourth-order valence-electron chi connectivity index (χ4n) is 3.40. The first-order valence-electron chi connectivity index (χ1n) is 9.01. The molecule has 7 heteroatoms. The van der Waals surface area contributed by atoms with E-state index in [0.717, 1.165) is 23.5 Å². The van der Waals surface area contributed by atoms with Crippen molar-refractivity contribution < 1.29 is 9.59 Å². The highest BCUT2D eigenvalue weighted by Crippen LogP contribution is 2.39. The van der Waals surface area contributed by atoms with E-state index in [1.165, 1.54) is 34.0 Å². The molecule has 1 aliphatic heterocycles. The molecule has 1 aromatic carbocycles. The minimum absolute atomic E-state index is 0.0326. The molecule has 2 amide bonds. The number of nitrogens with zero attached hydrogens (tertiary/aromatic N) is 1. The van der Waals surface area contributed by atoms with Gasteiger partial charge in [0.2, 0.25) is 11.8 Å². The Labute approximate surface area is 176 Å². The van der Waals surface area contributed by atoms with Crippen molar-refractivity contribution in [3.8, 4) is 0 Å². The lowest BCUT2D eigenvalue weighted by atomic mass is 9.98. The summed E-state index contributed by atoms with van der Waals surface area (Å²) in [7, 11) is 0. The SMILES string of the molecule is CC(=O)Nc1ccc(SCC(=O)N2CCc3sccc3[C@H]2c2cccs2)cc1. The van der Waals surface area contributed by atoms with Crippen LogP contribution in [0.1, 0.15) is 28.3 Å². The average Bonchev–Trinajstić information content (AvgIpc) is 3.37. The van der Waals surface area contributed by atoms with Gasteiger partial charge in [-0.15, -0.1) is 34.4 Å². The van der Waals surface area contributed by atoms with Crippen LogP contribution in [-0.2, 0) is 16.0 Å². The number of anilines is 1. The molecule has 2 aromatic heterocycles. The standard InChI is InChI=1S/C21H20N2O2S3/c1-14(24)22-15-4-6-16(7-5-15)28-13-20(25)23-10-8-18-17(9-12-27-18)21(23)19-3-2-11-26-19/h2-7,9,11-12,21H,8,10,13H2,1H3,(H,22,24)/t21-/m0/s1. The van der Waals surface area contributed by atoms with Crippen molar-refractivity contribution in [2.75, 3.05) is 17.6 Å². The summed E-state index contributed by atoms with van der Waals surface area (Å²) in [5, 5.41) is 6.96. The van der Waals surface area contributed by atoms with Crippen molar-refractivity contribution in [3.05, 3.63) is 68.5 Å². The smallest absolute Gasteiger partial charge is 0.233 e. The van der Waals surface area contributed by atoms with E-state index in [1.807, 2.05) is 29.2 Å². The summed E-state index contributed by atoms with van der Waals surface area (Å²) in [5.41, 5.74) is 2.04. The quantitative estimate of drug-likeness (QED) is 0.580. The van der Waals surface area contributed by atoms with Gasteiger partial charge in [-0.25, -0.2) is 0 Å². The third-order valence-electron chi connectivity index (χ3n) is 4.64. The van der Waals surface area contributed by atoms with Crippen LogP contribution in [0.2, 0.25) is 0 Å². The Kier molecular flexibility index (Phi) is 5.85. The Hall–Kier alpha value is -2.09. The molecule has 1 N–H and O–H groups in total. The van der Waals surface area contributed by atoms with E-state index < -0.39 is 0 Å². The van der Waals surface area contributed by atoms with Crippen LogP contribution in [0.4, 0.5) is 5.69 Å². The molecule has 0 radical (unpaired) electrons. The van der Waals surface area contributed by atoms with Crippen molar-refractivity contribution >= 4 is 51.9 Å². The summed E-state index contributed by atoms with van der Waals surface area (Å²) in [5.74, 6) is 0.472. The molecule has 0 aliphatic carbocycles. The molecule has 4 rings (SSSR count). The number of hydrogen-bond donors (Lipinski definition) is 1. The summed E-state index contributed by atoms with van der Waals surface area (Å²) in [6.45, 7) is 2.25. The van der Waals surface area contributed by atoms with Gasteiger partial charge in [0.15, 0.2) is 0 Å². The molecule has 0 saturated heterocycles. The van der Waals surface area contributed by atoms with Crippen molar-refractivity contribution in [3.63, 3.8) is 0 Å². The van der Waals surface area contributed by atoms with Crippen LogP contribution in [0.5, 0.6) is 0 Å². The third-order valence-corrected chi connectivity index (χ3v) is 7.55. The van der Waals surface area contributed by atoms with E-state index in [0.29, 0.717) is 5.75 Å². The summed E-state index contributed by atoms with van der Waals surface area (Å²) in [4.78, 5) is 29.9. The number of fused-ring (bicyclic) bond motifs is 1. The Morgan fingerprint density at radius 3 is 2.68 bits per heavy atom. The maximum Gasteiger partial charge on any atom is 0.233 e. The molecule has 0 fully saturated rings. The van der Waals surface area contributed by atoms with Crippen molar-refractivity contribution in [1.82, 2.24) is 4.90 Å². The molecule has 0 bridgehead atoms. The van der Waals surface area contributed by atoms with Gasteiger partial charge in [-0.05, 0) is 59.1 Å². The third kappa shape index (κ3) is 4.16. The van der Waals surface area contributed by atoms with Crippen molar-refractivity contribution in [1.29, 1.82) is 0 Å². The van der Waals surface area contributed by atoms with Gasteiger partial charge in [0.25, 0.3) is 0 Å². The fraction of sp³-hybridized carbons (Fsp3) is 0.238. The van der Waals surface area contributed by atoms with Gasteiger partial charge in [-0.3, -0.25) is 9.59 Å². The fourth-order valence-corrected chi connectivity index (χ4v) is 5.95. The number of hydrogen-bond acceptors (Lipinski definition) is 5. The monoisotopic (exact) mass is 428 g/mol. The molecular formula is C21H20N2O2S3. The molecule has 0 spiro atoms. The Morgan fingerprint density at radius 2 is 1.96 bits per heavy atom. The van der Waals surface area contributed by atoms with Crippen LogP contribution in [0.25, 0.3) is 0 Å². The van der Waals surface area contributed by atoms with E-state index in [-0.39, 0.29) is 17.9 Å². The summed E-state index contributed by atoms with van der Waals surface area (Å²) in [6.07, 6.45) is 0.927. The van der Waals surface area contributed by atoms with Gasteiger partial charge in [0.05, 0.1) is 11.8 Å². The number of thioether (sulfide) groups is 1. The number of nitrogens with one attached hydrogen (secondary N) is 1. The number of amides is 2. The predicted octanol–water partition coefficient (Wildman–Crippen LogP) is 5.03. The second-order valence-electron chi connectivity index (χ2n) is 6.55. The summed E-state index contributed by atoms with van der Waals surface area (Å²) < 4.78 is 0. The van der Waals surface area contributed by atoms with Crippen LogP contribution in [-0.4, -0.2) is 29.0 Å². The summed E-state index contributed by atoms with van der Waals surface area (Å²) >= 11 is 5.03. The first-order valence-corrected chi connectivity index (χ1v) is 11.8. The van der Waals surface area contributed by atoms with Gasteiger partial charge < -0.3 is 10.2 Å². The second kappa shape index (κ2) is 8.51. The molecule has 3 aromatic rings. The second-order valence-corrected chi connectivity index (χ2v) is 9.58. The zero-order valence-electron chi connectivity index (χ0n) is 15.4. The molecule has 144 valence electrons. The molecular weight excluding hydrogens is 408 g/mol. The lowest BCUT2D eigenvalue weighted by Crippen LogP contribution is -2.40. The molecule has 0 unspecified atom stereocenters. The van der Waals surface area contributed by atoms with Gasteiger partial charge >= 0.3 is 0 Å². The summed E-state index contributed by atoms with van der Waals surface area (Å²) in [6, 6.07) is 14.0. The van der Waals surface area contributed by atoms with Crippen LogP contribution in [0.15, 0.2) is 58.1 Å². The van der Waals surface area contributed by atoms with Gasteiger partial charge in [0.1, 0.15) is 0 Å². The van der Waals surface area contributed by atoms with E-state index in [2.05, 4.69) is 34.3 Å². The Morgan fingerprint density at radius 1 is 1.14 bits per heavy atom. The number of carbonyl (C=O) groups excluding carboxylic acids is 2. The maximum absolute atomic E-state index is 13.1. The van der Waals surface area contributed by atoms with Gasteiger partial charge in [0, 0.05) is 33.8 Å². The molecule has 4 nitrogen and oxygen atoms in total. The molecule has 1 atom stereocenters. The van der Waals surface area contributed by atoms with Crippen LogP contribution >= 0.6 is 34.4 Å². The van der Waals surface area contributed by atoms with E-state index >= 15 is 0 Å². The average molecular weight is 429 g/mol. The lowest BCUT2D eigenvalue weighted by Gasteiger charge is -2.35. The van der Waals surface area contributed by atoms with Gasteiger partial charge in [-0.1, -0.05) is 6.07 Å².